The minimum atomic E-state index is -0.199. The molecule has 0 aliphatic carbocycles. The summed E-state index contributed by atoms with van der Waals surface area (Å²) in [5, 5.41) is 0. The molecule has 1 unspecified atom stereocenters. The highest BCUT2D eigenvalue weighted by molar-refractivity contribution is 5.19. The highest BCUT2D eigenvalue weighted by Crippen LogP contribution is 2.08. The molecule has 0 bridgehead atoms. The van der Waals surface area contributed by atoms with Gasteiger partial charge in [0.25, 0.3) is 0 Å². The summed E-state index contributed by atoms with van der Waals surface area (Å²) < 4.78 is 13.0. The van der Waals surface area contributed by atoms with Crippen LogP contribution in [0.1, 0.15) is 5.56 Å². The van der Waals surface area contributed by atoms with Crippen LogP contribution < -0.4 is 5.73 Å². The minimum absolute atomic E-state index is 0.165. The topological polar surface area (TPSA) is 26.0 Å². The first-order valence-electron chi connectivity index (χ1n) is 3.85. The van der Waals surface area contributed by atoms with E-state index < -0.39 is 0 Å². The SMILES string of the molecule is C=CC(N)Cc1ccccc1F. The lowest BCUT2D eigenvalue weighted by Gasteiger charge is -2.06. The van der Waals surface area contributed by atoms with Gasteiger partial charge in [0.05, 0.1) is 0 Å². The van der Waals surface area contributed by atoms with Crippen molar-refractivity contribution in [1.29, 1.82) is 0 Å². The fourth-order valence-corrected chi connectivity index (χ4v) is 1.00. The fourth-order valence-electron chi connectivity index (χ4n) is 1.00. The molecule has 0 saturated carbocycles. The van der Waals surface area contributed by atoms with Gasteiger partial charge in [0.1, 0.15) is 5.82 Å². The summed E-state index contributed by atoms with van der Waals surface area (Å²) in [5.41, 5.74) is 6.23. The lowest BCUT2D eigenvalue weighted by atomic mass is 10.1. The molecule has 0 aliphatic rings. The smallest absolute Gasteiger partial charge is 0.126 e. The fraction of sp³-hybridized carbons (Fsp3) is 0.200. The maximum Gasteiger partial charge on any atom is 0.126 e. The van der Waals surface area contributed by atoms with Crippen LogP contribution in [0.4, 0.5) is 4.39 Å². The van der Waals surface area contributed by atoms with Crippen molar-refractivity contribution in [2.24, 2.45) is 5.73 Å². The van der Waals surface area contributed by atoms with E-state index in [-0.39, 0.29) is 11.9 Å². The third-order valence-electron chi connectivity index (χ3n) is 1.72. The van der Waals surface area contributed by atoms with E-state index in [2.05, 4.69) is 6.58 Å². The number of benzene rings is 1. The predicted octanol–water partition coefficient (Wildman–Crippen LogP) is 1.88. The number of hydrogen-bond donors (Lipinski definition) is 1. The molecule has 1 aromatic rings. The van der Waals surface area contributed by atoms with Gasteiger partial charge in [0, 0.05) is 6.04 Å². The van der Waals surface area contributed by atoms with Crippen LogP contribution in [0.25, 0.3) is 0 Å². The molecule has 0 aliphatic heterocycles. The van der Waals surface area contributed by atoms with Crippen molar-refractivity contribution in [3.05, 3.63) is 48.3 Å². The van der Waals surface area contributed by atoms with Crippen molar-refractivity contribution in [1.82, 2.24) is 0 Å². The number of rotatable bonds is 3. The Morgan fingerprint density at radius 1 is 1.50 bits per heavy atom. The lowest BCUT2D eigenvalue weighted by molar-refractivity contribution is 0.603. The molecule has 0 radical (unpaired) electrons. The zero-order valence-corrected chi connectivity index (χ0v) is 6.83. The second kappa shape index (κ2) is 4.02. The predicted molar refractivity (Wildman–Crippen MR) is 48.3 cm³/mol. The molecule has 0 amide bonds. The molecule has 2 N–H and O–H groups in total. The summed E-state index contributed by atoms with van der Waals surface area (Å²) in [4.78, 5) is 0. The van der Waals surface area contributed by atoms with Gasteiger partial charge in [-0.2, -0.15) is 0 Å². The molecule has 0 fully saturated rings. The van der Waals surface area contributed by atoms with Crippen LogP contribution in [0, 0.1) is 5.82 Å². The zero-order valence-electron chi connectivity index (χ0n) is 6.83. The molecule has 64 valence electrons. The van der Waals surface area contributed by atoms with Crippen molar-refractivity contribution in [3.63, 3.8) is 0 Å². The first-order chi connectivity index (χ1) is 5.74. The van der Waals surface area contributed by atoms with Crippen molar-refractivity contribution >= 4 is 0 Å². The van der Waals surface area contributed by atoms with Crippen molar-refractivity contribution in [2.45, 2.75) is 12.5 Å². The number of halogens is 1. The Bertz CT molecular complexity index is 270. The van der Waals surface area contributed by atoms with Crippen molar-refractivity contribution in [3.8, 4) is 0 Å². The molecular weight excluding hydrogens is 153 g/mol. The van der Waals surface area contributed by atoms with Gasteiger partial charge < -0.3 is 5.73 Å². The van der Waals surface area contributed by atoms with Crippen LogP contribution in [0.3, 0.4) is 0 Å². The summed E-state index contributed by atoms with van der Waals surface area (Å²) in [5.74, 6) is -0.199. The molecule has 1 nitrogen and oxygen atoms in total. The van der Waals surface area contributed by atoms with E-state index in [9.17, 15) is 4.39 Å². The summed E-state index contributed by atoms with van der Waals surface area (Å²) in [7, 11) is 0. The Labute approximate surface area is 71.7 Å². The third kappa shape index (κ3) is 2.17. The van der Waals surface area contributed by atoms with E-state index in [1.54, 1.807) is 24.3 Å². The van der Waals surface area contributed by atoms with Crippen molar-refractivity contribution in [2.75, 3.05) is 0 Å². The van der Waals surface area contributed by atoms with Crippen LogP contribution in [0.2, 0.25) is 0 Å². The van der Waals surface area contributed by atoms with Gasteiger partial charge >= 0.3 is 0 Å². The monoisotopic (exact) mass is 165 g/mol. The van der Waals surface area contributed by atoms with Gasteiger partial charge in [0.15, 0.2) is 0 Å². The molecule has 0 aromatic heterocycles. The molecular formula is C10H12FN. The Morgan fingerprint density at radius 2 is 2.17 bits per heavy atom. The van der Waals surface area contributed by atoms with Crippen LogP contribution in [0.15, 0.2) is 36.9 Å². The van der Waals surface area contributed by atoms with Crippen LogP contribution >= 0.6 is 0 Å². The summed E-state index contributed by atoms with van der Waals surface area (Å²) in [6.07, 6.45) is 2.13. The summed E-state index contributed by atoms with van der Waals surface area (Å²) in [6.45, 7) is 3.54. The van der Waals surface area contributed by atoms with Gasteiger partial charge in [-0.25, -0.2) is 4.39 Å². The highest BCUT2D eigenvalue weighted by atomic mass is 19.1. The number of hydrogen-bond acceptors (Lipinski definition) is 1. The van der Waals surface area contributed by atoms with E-state index in [0.29, 0.717) is 12.0 Å². The Morgan fingerprint density at radius 3 is 2.75 bits per heavy atom. The molecule has 0 heterocycles. The molecule has 0 saturated heterocycles. The average molecular weight is 165 g/mol. The normalized spacial score (nSPS) is 12.5. The van der Waals surface area contributed by atoms with Crippen LogP contribution in [0.5, 0.6) is 0 Å². The molecule has 0 spiro atoms. The molecule has 1 atom stereocenters. The second-order valence-electron chi connectivity index (χ2n) is 2.70. The largest absolute Gasteiger partial charge is 0.324 e. The van der Waals surface area contributed by atoms with Gasteiger partial charge in [0.2, 0.25) is 0 Å². The first kappa shape index (κ1) is 8.94. The van der Waals surface area contributed by atoms with E-state index >= 15 is 0 Å². The van der Waals surface area contributed by atoms with Gasteiger partial charge in [-0.15, -0.1) is 6.58 Å². The van der Waals surface area contributed by atoms with Crippen LogP contribution in [-0.2, 0) is 6.42 Å². The number of nitrogens with two attached hydrogens (primary N) is 1. The van der Waals surface area contributed by atoms with Crippen molar-refractivity contribution < 1.29 is 4.39 Å². The van der Waals surface area contributed by atoms with E-state index in [1.165, 1.54) is 6.07 Å². The Kier molecular flexibility index (Phi) is 3.00. The maximum atomic E-state index is 13.0. The van der Waals surface area contributed by atoms with E-state index in [1.807, 2.05) is 0 Å². The molecule has 12 heavy (non-hydrogen) atoms. The third-order valence-corrected chi connectivity index (χ3v) is 1.72. The highest BCUT2D eigenvalue weighted by Gasteiger charge is 2.03. The molecule has 1 aromatic carbocycles. The Balaban J connectivity index is 2.75. The lowest BCUT2D eigenvalue weighted by Crippen LogP contribution is -2.19. The summed E-state index contributed by atoms with van der Waals surface area (Å²) in [6, 6.07) is 6.47. The Hall–Kier alpha value is -1.15. The zero-order chi connectivity index (χ0) is 8.97. The van der Waals surface area contributed by atoms with Gasteiger partial charge in [-0.3, -0.25) is 0 Å². The molecule has 1 rings (SSSR count). The average Bonchev–Trinajstić information content (AvgIpc) is 2.09. The van der Waals surface area contributed by atoms with Crippen LogP contribution in [-0.4, -0.2) is 6.04 Å². The van der Waals surface area contributed by atoms with Gasteiger partial charge in [-0.1, -0.05) is 24.3 Å². The second-order valence-corrected chi connectivity index (χ2v) is 2.70. The molecule has 2 heteroatoms. The quantitative estimate of drug-likeness (QED) is 0.680. The minimum Gasteiger partial charge on any atom is -0.324 e. The van der Waals surface area contributed by atoms with E-state index in [0.717, 1.165) is 0 Å². The standard InChI is InChI=1S/C10H12FN/c1-2-9(12)7-8-5-3-4-6-10(8)11/h2-6,9H,1,7,12H2. The van der Waals surface area contributed by atoms with Gasteiger partial charge in [-0.05, 0) is 18.1 Å². The first-order valence-corrected chi connectivity index (χ1v) is 3.85. The maximum absolute atomic E-state index is 13.0. The van der Waals surface area contributed by atoms with E-state index in [4.69, 9.17) is 5.73 Å². The summed E-state index contributed by atoms with van der Waals surface area (Å²) >= 11 is 0.